The van der Waals surface area contributed by atoms with Crippen LogP contribution in [0.5, 0.6) is 0 Å². The lowest BCUT2D eigenvalue weighted by Crippen LogP contribution is -2.60. The van der Waals surface area contributed by atoms with E-state index in [-0.39, 0.29) is 6.54 Å². The molecule has 0 amide bonds. The second-order valence-electron chi connectivity index (χ2n) is 3.96. The normalized spacial score (nSPS) is 15.1. The SMILES string of the molecule is CC(NCCc1ccncc1)(C(=O)O)C(F)(F)F. The Bertz CT molecular complexity index is 408. The minimum Gasteiger partial charge on any atom is -0.480 e. The molecule has 1 heterocycles. The number of nitrogens with zero attached hydrogens (tertiary/aromatic N) is 1. The first-order valence-corrected chi connectivity index (χ1v) is 5.21. The molecule has 4 nitrogen and oxygen atoms in total. The van der Waals surface area contributed by atoms with E-state index in [9.17, 15) is 18.0 Å². The lowest BCUT2D eigenvalue weighted by Gasteiger charge is -2.28. The third kappa shape index (κ3) is 3.19. The van der Waals surface area contributed by atoms with Crippen LogP contribution in [0.4, 0.5) is 13.2 Å². The Kier molecular flexibility index (Phi) is 4.28. The molecule has 7 heteroatoms. The van der Waals surface area contributed by atoms with E-state index in [1.807, 2.05) is 5.32 Å². The average molecular weight is 262 g/mol. The highest BCUT2D eigenvalue weighted by molar-refractivity contribution is 5.79. The molecule has 1 unspecified atom stereocenters. The van der Waals surface area contributed by atoms with Gasteiger partial charge in [-0.25, -0.2) is 4.79 Å². The van der Waals surface area contributed by atoms with Gasteiger partial charge in [0.05, 0.1) is 0 Å². The number of carboxylic acids is 1. The molecule has 0 fully saturated rings. The molecule has 100 valence electrons. The van der Waals surface area contributed by atoms with Gasteiger partial charge in [-0.1, -0.05) is 0 Å². The Morgan fingerprint density at radius 3 is 2.39 bits per heavy atom. The van der Waals surface area contributed by atoms with Crippen molar-refractivity contribution in [3.63, 3.8) is 0 Å². The van der Waals surface area contributed by atoms with Gasteiger partial charge in [0.2, 0.25) is 5.54 Å². The number of alkyl halides is 3. The van der Waals surface area contributed by atoms with Crippen LogP contribution >= 0.6 is 0 Å². The summed E-state index contributed by atoms with van der Waals surface area (Å²) < 4.78 is 37.9. The van der Waals surface area contributed by atoms with Crippen molar-refractivity contribution in [3.8, 4) is 0 Å². The number of carbonyl (C=O) groups is 1. The summed E-state index contributed by atoms with van der Waals surface area (Å²) in [6.07, 6.45) is -1.51. The molecule has 0 saturated carbocycles. The zero-order chi connectivity index (χ0) is 13.8. The van der Waals surface area contributed by atoms with Gasteiger partial charge in [0.25, 0.3) is 0 Å². The highest BCUT2D eigenvalue weighted by Gasteiger charge is 2.56. The Balaban J connectivity index is 2.62. The summed E-state index contributed by atoms with van der Waals surface area (Å²) in [5, 5.41) is 10.7. The monoisotopic (exact) mass is 262 g/mol. The van der Waals surface area contributed by atoms with E-state index in [2.05, 4.69) is 4.98 Å². The molecule has 0 spiro atoms. The van der Waals surface area contributed by atoms with Crippen LogP contribution < -0.4 is 5.32 Å². The molecule has 0 aliphatic rings. The minimum atomic E-state index is -4.85. The molecule has 0 aliphatic carbocycles. The summed E-state index contributed by atoms with van der Waals surface area (Å²) in [5.74, 6) is -1.94. The van der Waals surface area contributed by atoms with Gasteiger partial charge in [-0.3, -0.25) is 10.3 Å². The molecule has 0 bridgehead atoms. The van der Waals surface area contributed by atoms with E-state index in [4.69, 9.17) is 5.11 Å². The van der Waals surface area contributed by atoms with Crippen LogP contribution in [-0.4, -0.2) is 34.3 Å². The lowest BCUT2D eigenvalue weighted by molar-refractivity contribution is -0.205. The molecule has 1 atom stereocenters. The van der Waals surface area contributed by atoms with Crippen molar-refractivity contribution in [3.05, 3.63) is 30.1 Å². The van der Waals surface area contributed by atoms with Crippen molar-refractivity contribution in [2.75, 3.05) is 6.54 Å². The van der Waals surface area contributed by atoms with Crippen LogP contribution in [0.15, 0.2) is 24.5 Å². The molecule has 18 heavy (non-hydrogen) atoms. The smallest absolute Gasteiger partial charge is 0.417 e. The van der Waals surface area contributed by atoms with Gasteiger partial charge in [-0.2, -0.15) is 13.2 Å². The summed E-state index contributed by atoms with van der Waals surface area (Å²) in [7, 11) is 0. The molecule has 1 rings (SSSR count). The predicted octanol–water partition coefficient (Wildman–Crippen LogP) is 1.62. The Morgan fingerprint density at radius 2 is 1.94 bits per heavy atom. The number of hydrogen-bond donors (Lipinski definition) is 2. The maximum Gasteiger partial charge on any atom is 0.417 e. The standard InChI is InChI=1S/C11H13F3N2O2/c1-10(9(17)18,11(12,13)14)16-7-4-8-2-5-15-6-3-8/h2-3,5-6,16H,4,7H2,1H3,(H,17,18). The Labute approximate surface area is 102 Å². The maximum absolute atomic E-state index is 12.6. The zero-order valence-corrected chi connectivity index (χ0v) is 9.66. The van der Waals surface area contributed by atoms with Gasteiger partial charge in [-0.05, 0) is 31.0 Å². The number of hydrogen-bond acceptors (Lipinski definition) is 3. The minimum absolute atomic E-state index is 0.0909. The second kappa shape index (κ2) is 5.34. The number of pyridine rings is 1. The van der Waals surface area contributed by atoms with Gasteiger partial charge in [0.1, 0.15) is 0 Å². The van der Waals surface area contributed by atoms with Crippen molar-refractivity contribution in [2.24, 2.45) is 0 Å². The van der Waals surface area contributed by atoms with E-state index in [0.29, 0.717) is 13.3 Å². The number of aromatic nitrogens is 1. The van der Waals surface area contributed by atoms with Gasteiger partial charge >= 0.3 is 12.1 Å². The van der Waals surface area contributed by atoms with E-state index in [0.717, 1.165) is 5.56 Å². The first-order valence-electron chi connectivity index (χ1n) is 5.21. The molecule has 0 aliphatic heterocycles. The highest BCUT2D eigenvalue weighted by Crippen LogP contribution is 2.30. The molecule has 2 N–H and O–H groups in total. The molecular formula is C11H13F3N2O2. The number of aliphatic carboxylic acids is 1. The highest BCUT2D eigenvalue weighted by atomic mass is 19.4. The van der Waals surface area contributed by atoms with Crippen LogP contribution in [0.25, 0.3) is 0 Å². The van der Waals surface area contributed by atoms with E-state index < -0.39 is 17.7 Å². The molecule has 0 aromatic carbocycles. The summed E-state index contributed by atoms with van der Waals surface area (Å²) in [6.45, 7) is 0.522. The van der Waals surface area contributed by atoms with Gasteiger partial charge < -0.3 is 5.11 Å². The molecule has 0 saturated heterocycles. The Hall–Kier alpha value is -1.63. The van der Waals surface area contributed by atoms with Crippen LogP contribution in [-0.2, 0) is 11.2 Å². The zero-order valence-electron chi connectivity index (χ0n) is 9.66. The fourth-order valence-corrected chi connectivity index (χ4v) is 1.30. The summed E-state index contributed by atoms with van der Waals surface area (Å²) in [4.78, 5) is 14.5. The van der Waals surface area contributed by atoms with Gasteiger partial charge in [-0.15, -0.1) is 0 Å². The molecule has 1 aromatic heterocycles. The van der Waals surface area contributed by atoms with Crippen molar-refractivity contribution in [2.45, 2.75) is 25.1 Å². The van der Waals surface area contributed by atoms with Crippen molar-refractivity contribution in [1.82, 2.24) is 10.3 Å². The van der Waals surface area contributed by atoms with Crippen LogP contribution in [0.1, 0.15) is 12.5 Å². The summed E-state index contributed by atoms with van der Waals surface area (Å²) in [5.41, 5.74) is -2.15. The first-order chi connectivity index (χ1) is 8.27. The average Bonchev–Trinajstić information content (AvgIpc) is 2.28. The Morgan fingerprint density at radius 1 is 1.39 bits per heavy atom. The lowest BCUT2D eigenvalue weighted by atomic mass is 10.0. The maximum atomic E-state index is 12.6. The van der Waals surface area contributed by atoms with E-state index >= 15 is 0 Å². The number of rotatable bonds is 5. The molecule has 1 aromatic rings. The predicted molar refractivity (Wildman–Crippen MR) is 58.0 cm³/mol. The number of halogens is 3. The summed E-state index contributed by atoms with van der Waals surface area (Å²) >= 11 is 0. The van der Waals surface area contributed by atoms with E-state index in [1.165, 1.54) is 12.4 Å². The van der Waals surface area contributed by atoms with Crippen LogP contribution in [0.2, 0.25) is 0 Å². The molecular weight excluding hydrogens is 249 g/mol. The van der Waals surface area contributed by atoms with Crippen LogP contribution in [0.3, 0.4) is 0 Å². The third-order valence-corrected chi connectivity index (χ3v) is 2.64. The largest absolute Gasteiger partial charge is 0.480 e. The summed E-state index contributed by atoms with van der Waals surface area (Å²) in [6, 6.07) is 3.32. The van der Waals surface area contributed by atoms with Crippen molar-refractivity contribution < 1.29 is 23.1 Å². The second-order valence-corrected chi connectivity index (χ2v) is 3.96. The third-order valence-electron chi connectivity index (χ3n) is 2.64. The fourth-order valence-electron chi connectivity index (χ4n) is 1.30. The number of carboxylic acid groups (broad SMARTS) is 1. The van der Waals surface area contributed by atoms with Crippen LogP contribution in [0, 0.1) is 0 Å². The molecule has 0 radical (unpaired) electrons. The number of nitrogens with one attached hydrogen (secondary N) is 1. The van der Waals surface area contributed by atoms with Crippen molar-refractivity contribution in [1.29, 1.82) is 0 Å². The van der Waals surface area contributed by atoms with Crippen molar-refractivity contribution >= 4 is 5.97 Å². The van der Waals surface area contributed by atoms with E-state index in [1.54, 1.807) is 12.1 Å². The van der Waals surface area contributed by atoms with Gasteiger partial charge in [0, 0.05) is 18.9 Å². The topological polar surface area (TPSA) is 62.2 Å². The van der Waals surface area contributed by atoms with Gasteiger partial charge in [0.15, 0.2) is 0 Å². The fraction of sp³-hybridized carbons (Fsp3) is 0.455. The quantitative estimate of drug-likeness (QED) is 0.846. The first kappa shape index (κ1) is 14.4.